The van der Waals surface area contributed by atoms with Crippen molar-refractivity contribution in [3.63, 3.8) is 0 Å². The topological polar surface area (TPSA) is 50.8 Å². The van der Waals surface area contributed by atoms with Gasteiger partial charge >= 0.3 is 0 Å². The van der Waals surface area contributed by atoms with Gasteiger partial charge in [0.25, 0.3) is 5.91 Å². The Labute approximate surface area is 151 Å². The molecule has 5 nitrogen and oxygen atoms in total. The van der Waals surface area contributed by atoms with Crippen molar-refractivity contribution in [2.75, 3.05) is 26.7 Å². The van der Waals surface area contributed by atoms with E-state index in [4.69, 9.17) is 9.47 Å². The van der Waals surface area contributed by atoms with Crippen molar-refractivity contribution in [3.05, 3.63) is 41.3 Å². The fourth-order valence-electron chi connectivity index (χ4n) is 3.63. The first kappa shape index (κ1) is 16.4. The van der Waals surface area contributed by atoms with E-state index in [1.807, 2.05) is 35.7 Å². The Morgan fingerprint density at radius 2 is 1.96 bits per heavy atom. The van der Waals surface area contributed by atoms with E-state index in [2.05, 4.69) is 10.2 Å². The van der Waals surface area contributed by atoms with Crippen LogP contribution in [0, 0.1) is 5.92 Å². The van der Waals surface area contributed by atoms with Crippen molar-refractivity contribution in [1.82, 2.24) is 10.2 Å². The minimum atomic E-state index is 0.00286. The molecule has 6 heteroatoms. The number of carbonyl (C=O) groups is 1. The lowest BCUT2D eigenvalue weighted by atomic mass is 9.84. The molecule has 25 heavy (non-hydrogen) atoms. The lowest BCUT2D eigenvalue weighted by Crippen LogP contribution is -2.57. The molecule has 1 atom stereocenters. The Morgan fingerprint density at radius 3 is 2.56 bits per heavy atom. The normalized spacial score (nSPS) is 24.8. The molecular formula is C19H22N2O3S. The lowest BCUT2D eigenvalue weighted by Gasteiger charge is -2.44. The zero-order valence-corrected chi connectivity index (χ0v) is 15.1. The highest BCUT2D eigenvalue weighted by Gasteiger charge is 2.34. The van der Waals surface area contributed by atoms with E-state index in [9.17, 15) is 4.79 Å². The van der Waals surface area contributed by atoms with Crippen LogP contribution in [0.1, 0.15) is 23.2 Å². The summed E-state index contributed by atoms with van der Waals surface area (Å²) < 4.78 is 10.9. The molecule has 4 heterocycles. The van der Waals surface area contributed by atoms with Gasteiger partial charge in [-0.15, -0.1) is 11.3 Å². The molecule has 0 radical (unpaired) electrons. The van der Waals surface area contributed by atoms with Crippen molar-refractivity contribution in [3.8, 4) is 16.6 Å². The molecule has 3 saturated heterocycles. The third kappa shape index (κ3) is 3.65. The monoisotopic (exact) mass is 358 g/mol. The molecule has 3 aliphatic heterocycles. The molecular weight excluding hydrogens is 336 g/mol. The Balaban J connectivity index is 1.37. The molecule has 3 fully saturated rings. The first-order valence-corrected chi connectivity index (χ1v) is 9.53. The van der Waals surface area contributed by atoms with Gasteiger partial charge < -0.3 is 19.7 Å². The quantitative estimate of drug-likeness (QED) is 0.890. The SMILES string of the molecule is COc1csc(Oc2ccc(C(=O)N[C@H]3CN4CCC3CC4)cc2)c1. The van der Waals surface area contributed by atoms with Crippen LogP contribution in [-0.4, -0.2) is 43.6 Å². The standard InChI is InChI=1S/C19H22N2O3S/c1-23-16-10-18(25-12-16)24-15-4-2-14(3-5-15)19(22)20-17-11-21-8-6-13(17)7-9-21/h2-5,10,12-13,17H,6-9,11H2,1H3,(H,20,22)/t17-/m0/s1. The second-order valence-corrected chi connectivity index (χ2v) is 7.52. The zero-order valence-electron chi connectivity index (χ0n) is 14.2. The second kappa shape index (κ2) is 7.06. The largest absolute Gasteiger partial charge is 0.496 e. The minimum absolute atomic E-state index is 0.00286. The molecule has 2 bridgehead atoms. The number of nitrogens with zero attached hydrogens (tertiary/aromatic N) is 1. The average Bonchev–Trinajstić information content (AvgIpc) is 3.11. The van der Waals surface area contributed by atoms with Gasteiger partial charge in [0.1, 0.15) is 11.5 Å². The van der Waals surface area contributed by atoms with E-state index in [1.54, 1.807) is 7.11 Å². The number of piperidine rings is 3. The summed E-state index contributed by atoms with van der Waals surface area (Å²) in [5.41, 5.74) is 0.674. The first-order valence-electron chi connectivity index (χ1n) is 8.65. The van der Waals surface area contributed by atoms with Crippen LogP contribution < -0.4 is 14.8 Å². The fraction of sp³-hybridized carbons (Fsp3) is 0.421. The summed E-state index contributed by atoms with van der Waals surface area (Å²) in [5.74, 6) is 2.13. The summed E-state index contributed by atoms with van der Waals surface area (Å²) in [6.45, 7) is 3.34. The summed E-state index contributed by atoms with van der Waals surface area (Å²) in [4.78, 5) is 15.0. The van der Waals surface area contributed by atoms with Gasteiger partial charge in [-0.2, -0.15) is 0 Å². The number of fused-ring (bicyclic) bond motifs is 3. The third-order valence-corrected chi connectivity index (χ3v) is 5.88. The number of thiophene rings is 1. The summed E-state index contributed by atoms with van der Waals surface area (Å²) in [6.07, 6.45) is 2.39. The fourth-order valence-corrected chi connectivity index (χ4v) is 4.36. The number of hydrogen-bond donors (Lipinski definition) is 1. The zero-order chi connectivity index (χ0) is 17.2. The van der Waals surface area contributed by atoms with E-state index < -0.39 is 0 Å². The van der Waals surface area contributed by atoms with Gasteiger partial charge in [0, 0.05) is 29.6 Å². The van der Waals surface area contributed by atoms with Crippen molar-refractivity contribution >= 4 is 17.2 Å². The Kier molecular flexibility index (Phi) is 4.63. The van der Waals surface area contributed by atoms with Gasteiger partial charge in [-0.05, 0) is 56.1 Å². The summed E-state index contributed by atoms with van der Waals surface area (Å²) >= 11 is 1.48. The van der Waals surface area contributed by atoms with E-state index in [-0.39, 0.29) is 11.9 Å². The van der Waals surface area contributed by atoms with Crippen molar-refractivity contribution in [2.45, 2.75) is 18.9 Å². The third-order valence-electron chi connectivity index (χ3n) is 5.09. The van der Waals surface area contributed by atoms with Crippen molar-refractivity contribution < 1.29 is 14.3 Å². The number of rotatable bonds is 5. The van der Waals surface area contributed by atoms with Gasteiger partial charge in [-0.25, -0.2) is 0 Å². The number of methoxy groups -OCH3 is 1. The highest BCUT2D eigenvalue weighted by molar-refractivity contribution is 7.12. The van der Waals surface area contributed by atoms with Crippen LogP contribution in [0.25, 0.3) is 0 Å². The Hall–Kier alpha value is -2.05. The Morgan fingerprint density at radius 1 is 1.20 bits per heavy atom. The number of amides is 1. The number of nitrogens with one attached hydrogen (secondary N) is 1. The van der Waals surface area contributed by atoms with Gasteiger partial charge in [-0.3, -0.25) is 4.79 Å². The molecule has 3 aliphatic rings. The molecule has 1 aromatic carbocycles. The summed E-state index contributed by atoms with van der Waals surface area (Å²) in [5, 5.41) is 5.87. The van der Waals surface area contributed by atoms with Gasteiger partial charge in [0.05, 0.1) is 7.11 Å². The molecule has 0 unspecified atom stereocenters. The van der Waals surface area contributed by atoms with Crippen LogP contribution in [0.4, 0.5) is 0 Å². The average molecular weight is 358 g/mol. The van der Waals surface area contributed by atoms with Gasteiger partial charge in [0.15, 0.2) is 5.06 Å². The predicted molar refractivity (Wildman–Crippen MR) is 97.8 cm³/mol. The Bertz CT molecular complexity index is 735. The number of benzene rings is 1. The van der Waals surface area contributed by atoms with Crippen LogP contribution in [0.2, 0.25) is 0 Å². The second-order valence-electron chi connectivity index (χ2n) is 6.65. The lowest BCUT2D eigenvalue weighted by molar-refractivity contribution is 0.0620. The van der Waals surface area contributed by atoms with Crippen LogP contribution in [-0.2, 0) is 0 Å². The van der Waals surface area contributed by atoms with Gasteiger partial charge in [0.2, 0.25) is 0 Å². The molecule has 0 spiro atoms. The minimum Gasteiger partial charge on any atom is -0.496 e. The smallest absolute Gasteiger partial charge is 0.251 e. The number of hydrogen-bond acceptors (Lipinski definition) is 5. The maximum Gasteiger partial charge on any atom is 0.251 e. The van der Waals surface area contributed by atoms with Crippen LogP contribution in [0.5, 0.6) is 16.6 Å². The van der Waals surface area contributed by atoms with E-state index >= 15 is 0 Å². The van der Waals surface area contributed by atoms with Crippen LogP contribution >= 0.6 is 11.3 Å². The maximum atomic E-state index is 12.5. The van der Waals surface area contributed by atoms with Crippen molar-refractivity contribution in [1.29, 1.82) is 0 Å². The number of carbonyl (C=O) groups excluding carboxylic acids is 1. The maximum absolute atomic E-state index is 12.5. The molecule has 5 rings (SSSR count). The molecule has 1 aromatic heterocycles. The highest BCUT2D eigenvalue weighted by Crippen LogP contribution is 2.32. The van der Waals surface area contributed by atoms with Crippen LogP contribution in [0.15, 0.2) is 35.7 Å². The van der Waals surface area contributed by atoms with E-state index in [1.165, 1.54) is 37.3 Å². The van der Waals surface area contributed by atoms with Crippen molar-refractivity contribution in [2.24, 2.45) is 5.92 Å². The predicted octanol–water partition coefficient (Wildman–Crippen LogP) is 3.37. The molecule has 1 amide bonds. The molecule has 1 N–H and O–H groups in total. The number of ether oxygens (including phenoxy) is 2. The molecule has 0 aliphatic carbocycles. The summed E-state index contributed by atoms with van der Waals surface area (Å²) in [7, 11) is 1.63. The molecule has 132 valence electrons. The molecule has 2 aromatic rings. The summed E-state index contributed by atoms with van der Waals surface area (Å²) in [6, 6.07) is 9.42. The van der Waals surface area contributed by atoms with E-state index in [0.717, 1.165) is 17.4 Å². The van der Waals surface area contributed by atoms with Crippen LogP contribution in [0.3, 0.4) is 0 Å². The highest BCUT2D eigenvalue weighted by atomic mass is 32.1. The van der Waals surface area contributed by atoms with E-state index in [0.29, 0.717) is 17.2 Å². The molecule has 0 saturated carbocycles. The first-order chi connectivity index (χ1) is 12.2. The van der Waals surface area contributed by atoms with Gasteiger partial charge in [-0.1, -0.05) is 0 Å².